The van der Waals surface area contributed by atoms with Gasteiger partial charge >= 0.3 is 6.18 Å². The van der Waals surface area contributed by atoms with Gasteiger partial charge in [-0.15, -0.1) is 0 Å². The number of fused-ring (bicyclic) bond motifs is 1. The summed E-state index contributed by atoms with van der Waals surface area (Å²) in [7, 11) is 0. The molecule has 1 aromatic carbocycles. The summed E-state index contributed by atoms with van der Waals surface area (Å²) in [6.45, 7) is 2.17. The third kappa shape index (κ3) is 3.22. The van der Waals surface area contributed by atoms with Crippen molar-refractivity contribution in [3.63, 3.8) is 0 Å². The van der Waals surface area contributed by atoms with Crippen molar-refractivity contribution in [2.45, 2.75) is 32.5 Å². The van der Waals surface area contributed by atoms with Crippen LogP contribution >= 0.6 is 0 Å². The molecule has 0 fully saturated rings. The lowest BCUT2D eigenvalue weighted by molar-refractivity contribution is -0.147. The van der Waals surface area contributed by atoms with E-state index in [-0.39, 0.29) is 0 Å². The molecule has 0 radical (unpaired) electrons. The number of benzene rings is 1. The van der Waals surface area contributed by atoms with Gasteiger partial charge in [0.2, 0.25) is 0 Å². The molecule has 0 N–H and O–H groups in total. The number of hydrogen-bond donors (Lipinski definition) is 0. The van der Waals surface area contributed by atoms with Crippen LogP contribution in [0.5, 0.6) is 0 Å². The summed E-state index contributed by atoms with van der Waals surface area (Å²) in [5.41, 5.74) is 3.44. The lowest BCUT2D eigenvalue weighted by Crippen LogP contribution is -2.38. The fourth-order valence-corrected chi connectivity index (χ4v) is 2.28. The van der Waals surface area contributed by atoms with E-state index in [1.807, 2.05) is 6.07 Å². The largest absolute Gasteiger partial charge is 0.401 e. The highest BCUT2D eigenvalue weighted by Gasteiger charge is 2.31. The number of hydrogen-bond acceptors (Lipinski definition) is 1. The monoisotopic (exact) mass is 243 g/mol. The minimum Gasteiger partial charge on any atom is -0.290 e. The van der Waals surface area contributed by atoms with E-state index in [0.717, 1.165) is 18.4 Å². The van der Waals surface area contributed by atoms with Crippen molar-refractivity contribution in [3.05, 3.63) is 34.9 Å². The molecule has 0 aliphatic carbocycles. The van der Waals surface area contributed by atoms with Gasteiger partial charge in [0, 0.05) is 13.1 Å². The minimum atomic E-state index is -4.10. The van der Waals surface area contributed by atoms with E-state index in [0.29, 0.717) is 13.1 Å². The molecule has 0 bridgehead atoms. The maximum Gasteiger partial charge on any atom is 0.401 e. The average Bonchev–Trinajstić information content (AvgIpc) is 2.26. The number of nitrogens with zero attached hydrogens (tertiary/aromatic N) is 1. The Morgan fingerprint density at radius 2 is 2.00 bits per heavy atom. The number of alkyl halides is 3. The van der Waals surface area contributed by atoms with Crippen molar-refractivity contribution in [2.24, 2.45) is 0 Å². The zero-order chi connectivity index (χ0) is 12.5. The Labute approximate surface area is 99.2 Å². The summed E-state index contributed by atoms with van der Waals surface area (Å²) in [5.74, 6) is 0. The van der Waals surface area contributed by atoms with E-state index >= 15 is 0 Å². The molecule has 1 aliphatic heterocycles. The van der Waals surface area contributed by atoms with Crippen LogP contribution in [0, 0.1) is 0 Å². The Bertz CT molecular complexity index is 398. The fraction of sp³-hybridized carbons (Fsp3) is 0.538. The van der Waals surface area contributed by atoms with Crippen LogP contribution in [0.2, 0.25) is 0 Å². The topological polar surface area (TPSA) is 3.24 Å². The average molecular weight is 243 g/mol. The number of rotatable bonds is 2. The maximum absolute atomic E-state index is 12.3. The predicted molar refractivity (Wildman–Crippen MR) is 60.9 cm³/mol. The Balaban J connectivity index is 2.11. The molecule has 0 saturated heterocycles. The van der Waals surface area contributed by atoms with Gasteiger partial charge in [0.1, 0.15) is 0 Å². The van der Waals surface area contributed by atoms with Gasteiger partial charge in [-0.05, 0) is 29.5 Å². The van der Waals surface area contributed by atoms with E-state index in [1.165, 1.54) is 16.0 Å². The fourth-order valence-electron chi connectivity index (χ4n) is 2.28. The summed E-state index contributed by atoms with van der Waals surface area (Å²) >= 11 is 0. The third-order valence-electron chi connectivity index (χ3n) is 3.17. The van der Waals surface area contributed by atoms with Crippen LogP contribution in [0.1, 0.15) is 23.6 Å². The molecule has 0 atom stereocenters. The molecule has 0 unspecified atom stereocenters. The van der Waals surface area contributed by atoms with Crippen LogP contribution in [0.25, 0.3) is 0 Å². The van der Waals surface area contributed by atoms with Crippen LogP contribution in [0.4, 0.5) is 13.2 Å². The zero-order valence-electron chi connectivity index (χ0n) is 9.85. The van der Waals surface area contributed by atoms with Crippen LogP contribution in [-0.4, -0.2) is 24.2 Å². The zero-order valence-corrected chi connectivity index (χ0v) is 9.85. The summed E-state index contributed by atoms with van der Waals surface area (Å²) < 4.78 is 37.0. The van der Waals surface area contributed by atoms with E-state index < -0.39 is 12.7 Å². The van der Waals surface area contributed by atoms with Crippen LogP contribution in [-0.2, 0) is 19.4 Å². The quantitative estimate of drug-likeness (QED) is 0.771. The first kappa shape index (κ1) is 12.4. The lowest BCUT2D eigenvalue weighted by atomic mass is 9.96. The summed E-state index contributed by atoms with van der Waals surface area (Å²) in [5, 5.41) is 0. The first-order chi connectivity index (χ1) is 7.98. The summed E-state index contributed by atoms with van der Waals surface area (Å²) in [4.78, 5) is 1.47. The van der Waals surface area contributed by atoms with E-state index in [2.05, 4.69) is 19.1 Å². The molecule has 1 nitrogen and oxygen atoms in total. The normalized spacial score (nSPS) is 16.9. The van der Waals surface area contributed by atoms with Gasteiger partial charge in [-0.3, -0.25) is 4.90 Å². The van der Waals surface area contributed by atoms with Crippen molar-refractivity contribution in [1.29, 1.82) is 0 Å². The lowest BCUT2D eigenvalue weighted by Gasteiger charge is -2.29. The number of halogens is 3. The SMILES string of the molecule is CCc1ccc2c(c1)CN(CC(F)(F)F)CC2. The van der Waals surface area contributed by atoms with Gasteiger partial charge in [-0.25, -0.2) is 0 Å². The van der Waals surface area contributed by atoms with Crippen molar-refractivity contribution in [3.8, 4) is 0 Å². The van der Waals surface area contributed by atoms with Crippen molar-refractivity contribution in [1.82, 2.24) is 4.90 Å². The molecular formula is C13H16F3N. The molecule has 0 spiro atoms. The standard InChI is InChI=1S/C13H16F3N/c1-2-10-3-4-11-5-6-17(8-12(11)7-10)9-13(14,15)16/h3-4,7H,2,5-6,8-9H2,1H3. The predicted octanol–water partition coefficient (Wildman–Crippen LogP) is 3.17. The minimum absolute atomic E-state index is 0.419. The molecule has 2 rings (SSSR count). The van der Waals surface area contributed by atoms with Crippen LogP contribution in [0.3, 0.4) is 0 Å². The van der Waals surface area contributed by atoms with Gasteiger partial charge in [-0.2, -0.15) is 13.2 Å². The van der Waals surface area contributed by atoms with E-state index in [4.69, 9.17) is 0 Å². The van der Waals surface area contributed by atoms with Crippen molar-refractivity contribution in [2.75, 3.05) is 13.1 Å². The molecular weight excluding hydrogens is 227 g/mol. The third-order valence-corrected chi connectivity index (χ3v) is 3.17. The Morgan fingerprint density at radius 3 is 2.65 bits per heavy atom. The molecule has 0 amide bonds. The molecule has 0 saturated carbocycles. The Kier molecular flexibility index (Phi) is 3.43. The van der Waals surface area contributed by atoms with Gasteiger partial charge < -0.3 is 0 Å². The maximum atomic E-state index is 12.3. The summed E-state index contributed by atoms with van der Waals surface area (Å²) in [6.07, 6.45) is -2.46. The molecule has 1 aromatic rings. The van der Waals surface area contributed by atoms with E-state index in [1.54, 1.807) is 0 Å². The van der Waals surface area contributed by atoms with Crippen LogP contribution < -0.4 is 0 Å². The van der Waals surface area contributed by atoms with Gasteiger partial charge in [0.15, 0.2) is 0 Å². The second-order valence-corrected chi connectivity index (χ2v) is 4.53. The smallest absolute Gasteiger partial charge is 0.290 e. The molecule has 0 aromatic heterocycles. The molecule has 1 aliphatic rings. The first-order valence-electron chi connectivity index (χ1n) is 5.87. The second-order valence-electron chi connectivity index (χ2n) is 4.53. The Morgan fingerprint density at radius 1 is 1.24 bits per heavy atom. The van der Waals surface area contributed by atoms with Gasteiger partial charge in [-0.1, -0.05) is 25.1 Å². The second kappa shape index (κ2) is 4.69. The van der Waals surface area contributed by atoms with Crippen molar-refractivity contribution >= 4 is 0 Å². The van der Waals surface area contributed by atoms with Crippen LogP contribution in [0.15, 0.2) is 18.2 Å². The number of aryl methyl sites for hydroxylation is 1. The highest BCUT2D eigenvalue weighted by molar-refractivity contribution is 5.33. The highest BCUT2D eigenvalue weighted by atomic mass is 19.4. The summed E-state index contributed by atoms with van der Waals surface area (Å²) in [6, 6.07) is 6.16. The molecule has 4 heteroatoms. The van der Waals surface area contributed by atoms with Gasteiger partial charge in [0.05, 0.1) is 6.54 Å². The first-order valence-corrected chi connectivity index (χ1v) is 5.87. The van der Waals surface area contributed by atoms with E-state index in [9.17, 15) is 13.2 Å². The molecule has 1 heterocycles. The molecule has 94 valence electrons. The van der Waals surface area contributed by atoms with Crippen molar-refractivity contribution < 1.29 is 13.2 Å². The molecule has 17 heavy (non-hydrogen) atoms. The highest BCUT2D eigenvalue weighted by Crippen LogP contribution is 2.24. The Hall–Kier alpha value is -1.03. The van der Waals surface area contributed by atoms with Gasteiger partial charge in [0.25, 0.3) is 0 Å².